The third-order valence-corrected chi connectivity index (χ3v) is 5.27. The number of unbranched alkanes of at least 4 members (excludes halogenated alkanes) is 6. The first kappa shape index (κ1) is 16.2. The molecule has 0 aliphatic rings. The molecule has 1 heterocycles. The van der Waals surface area contributed by atoms with E-state index in [0.717, 1.165) is 12.8 Å². The van der Waals surface area contributed by atoms with Gasteiger partial charge in [0.15, 0.2) is 0 Å². The Balaban J connectivity index is 2.00. The molecule has 1 aromatic heterocycles. The summed E-state index contributed by atoms with van der Waals surface area (Å²) in [4.78, 5) is 1.39. The number of halogens is 1. The molecule has 0 spiro atoms. The summed E-state index contributed by atoms with van der Waals surface area (Å²) in [6, 6.07) is 2.44. The van der Waals surface area contributed by atoms with Crippen LogP contribution in [0.4, 0.5) is 0 Å². The molecular formula is C15H26BrNS. The normalized spacial score (nSPS) is 12.8. The van der Waals surface area contributed by atoms with Crippen molar-refractivity contribution in [3.05, 3.63) is 20.8 Å². The molecule has 0 radical (unpaired) electrons. The van der Waals surface area contributed by atoms with Crippen LogP contribution < -0.4 is 5.73 Å². The molecule has 0 saturated carbocycles. The molecule has 0 aliphatic carbocycles. The third kappa shape index (κ3) is 6.91. The van der Waals surface area contributed by atoms with E-state index in [4.69, 9.17) is 5.73 Å². The number of hydrogen-bond donors (Lipinski definition) is 1. The smallest absolute Gasteiger partial charge is 0.0314 e. The molecule has 3 heteroatoms. The highest BCUT2D eigenvalue weighted by Crippen LogP contribution is 2.24. The number of thiophene rings is 1. The highest BCUT2D eigenvalue weighted by molar-refractivity contribution is 9.10. The van der Waals surface area contributed by atoms with E-state index in [9.17, 15) is 0 Å². The van der Waals surface area contributed by atoms with Gasteiger partial charge in [-0.3, -0.25) is 0 Å². The Morgan fingerprint density at radius 2 is 1.83 bits per heavy atom. The second-order valence-electron chi connectivity index (χ2n) is 5.07. The fourth-order valence-corrected chi connectivity index (χ4v) is 3.78. The zero-order valence-electron chi connectivity index (χ0n) is 11.5. The first-order valence-electron chi connectivity index (χ1n) is 7.21. The molecule has 1 aromatic rings. The zero-order valence-corrected chi connectivity index (χ0v) is 13.9. The van der Waals surface area contributed by atoms with Crippen molar-refractivity contribution in [3.63, 3.8) is 0 Å². The topological polar surface area (TPSA) is 26.0 Å². The van der Waals surface area contributed by atoms with Gasteiger partial charge in [-0.2, -0.15) is 0 Å². The Morgan fingerprint density at radius 3 is 2.44 bits per heavy atom. The first-order chi connectivity index (χ1) is 8.74. The van der Waals surface area contributed by atoms with Crippen LogP contribution in [0, 0.1) is 0 Å². The minimum Gasteiger partial charge on any atom is -0.327 e. The van der Waals surface area contributed by atoms with E-state index in [0.29, 0.717) is 6.04 Å². The highest BCUT2D eigenvalue weighted by atomic mass is 79.9. The molecular weight excluding hydrogens is 306 g/mol. The number of hydrogen-bond acceptors (Lipinski definition) is 2. The van der Waals surface area contributed by atoms with Crippen molar-refractivity contribution in [2.75, 3.05) is 0 Å². The fourth-order valence-electron chi connectivity index (χ4n) is 2.17. The monoisotopic (exact) mass is 331 g/mol. The molecule has 1 nitrogen and oxygen atoms in total. The number of rotatable bonds is 10. The molecule has 2 N–H and O–H groups in total. The molecule has 0 aromatic carbocycles. The van der Waals surface area contributed by atoms with E-state index in [2.05, 4.69) is 34.3 Å². The molecule has 1 atom stereocenters. The van der Waals surface area contributed by atoms with E-state index in [1.165, 1.54) is 54.3 Å². The van der Waals surface area contributed by atoms with Crippen molar-refractivity contribution in [1.29, 1.82) is 0 Å². The summed E-state index contributed by atoms with van der Waals surface area (Å²) in [5.41, 5.74) is 6.18. The molecule has 18 heavy (non-hydrogen) atoms. The summed E-state index contributed by atoms with van der Waals surface area (Å²) < 4.78 is 1.22. The van der Waals surface area contributed by atoms with Gasteiger partial charge in [0.2, 0.25) is 0 Å². The Labute approximate surface area is 124 Å². The molecule has 0 amide bonds. The molecule has 1 rings (SSSR count). The van der Waals surface area contributed by atoms with E-state index < -0.39 is 0 Å². The Bertz CT molecular complexity index is 311. The van der Waals surface area contributed by atoms with Crippen LogP contribution in [0.3, 0.4) is 0 Å². The van der Waals surface area contributed by atoms with E-state index >= 15 is 0 Å². The Kier molecular flexibility index (Phi) is 8.99. The maximum absolute atomic E-state index is 6.18. The summed E-state index contributed by atoms with van der Waals surface area (Å²) in [6.07, 6.45) is 11.7. The van der Waals surface area contributed by atoms with E-state index in [-0.39, 0.29) is 0 Å². The highest BCUT2D eigenvalue weighted by Gasteiger charge is 2.07. The first-order valence-corrected chi connectivity index (χ1v) is 8.88. The lowest BCUT2D eigenvalue weighted by Gasteiger charge is -2.10. The van der Waals surface area contributed by atoms with Crippen LogP contribution in [-0.4, -0.2) is 6.04 Å². The lowest BCUT2D eigenvalue weighted by atomic mass is 10.0. The van der Waals surface area contributed by atoms with Gasteiger partial charge in [-0.05, 0) is 40.2 Å². The second kappa shape index (κ2) is 9.99. The maximum Gasteiger partial charge on any atom is 0.0314 e. The van der Waals surface area contributed by atoms with Gasteiger partial charge in [0.25, 0.3) is 0 Å². The molecule has 0 fully saturated rings. The van der Waals surface area contributed by atoms with Crippen molar-refractivity contribution in [3.8, 4) is 0 Å². The fraction of sp³-hybridized carbons (Fsp3) is 0.733. The van der Waals surface area contributed by atoms with Gasteiger partial charge in [-0.25, -0.2) is 0 Å². The van der Waals surface area contributed by atoms with Crippen molar-refractivity contribution < 1.29 is 0 Å². The number of nitrogens with two attached hydrogens (primary N) is 1. The van der Waals surface area contributed by atoms with Gasteiger partial charge < -0.3 is 5.73 Å². The van der Waals surface area contributed by atoms with Crippen molar-refractivity contribution in [2.45, 2.75) is 70.8 Å². The van der Waals surface area contributed by atoms with Crippen molar-refractivity contribution in [2.24, 2.45) is 5.73 Å². The minimum atomic E-state index is 0.329. The summed E-state index contributed by atoms with van der Waals surface area (Å²) in [5.74, 6) is 0. The Hall–Kier alpha value is 0.140. The van der Waals surface area contributed by atoms with Gasteiger partial charge in [-0.1, -0.05) is 51.9 Å². The average Bonchev–Trinajstić information content (AvgIpc) is 2.74. The van der Waals surface area contributed by atoms with Crippen LogP contribution in [-0.2, 0) is 6.42 Å². The van der Waals surface area contributed by atoms with Gasteiger partial charge in [-0.15, -0.1) is 11.3 Å². The predicted molar refractivity (Wildman–Crippen MR) is 86.3 cm³/mol. The molecule has 0 saturated heterocycles. The van der Waals surface area contributed by atoms with E-state index in [1.807, 2.05) is 0 Å². The lowest BCUT2D eigenvalue weighted by Crippen LogP contribution is -2.22. The van der Waals surface area contributed by atoms with Crippen LogP contribution in [0.1, 0.15) is 63.2 Å². The maximum atomic E-state index is 6.18. The van der Waals surface area contributed by atoms with Gasteiger partial charge in [0.05, 0.1) is 0 Å². The largest absolute Gasteiger partial charge is 0.327 e. The van der Waals surface area contributed by atoms with Crippen LogP contribution in [0.2, 0.25) is 0 Å². The summed E-state index contributed by atoms with van der Waals surface area (Å²) in [7, 11) is 0. The zero-order chi connectivity index (χ0) is 13.2. The molecule has 1 unspecified atom stereocenters. The van der Waals surface area contributed by atoms with Crippen LogP contribution in [0.15, 0.2) is 15.9 Å². The summed E-state index contributed by atoms with van der Waals surface area (Å²) >= 11 is 5.37. The van der Waals surface area contributed by atoms with Gasteiger partial charge >= 0.3 is 0 Å². The molecule has 104 valence electrons. The van der Waals surface area contributed by atoms with Crippen LogP contribution in [0.25, 0.3) is 0 Å². The van der Waals surface area contributed by atoms with Crippen LogP contribution >= 0.6 is 27.3 Å². The van der Waals surface area contributed by atoms with Gasteiger partial charge in [0.1, 0.15) is 0 Å². The predicted octanol–water partition coefficient (Wildman–Crippen LogP) is 5.52. The minimum absolute atomic E-state index is 0.329. The average molecular weight is 332 g/mol. The van der Waals surface area contributed by atoms with Crippen LogP contribution in [0.5, 0.6) is 0 Å². The summed E-state index contributed by atoms with van der Waals surface area (Å²) in [5, 5.41) is 2.12. The lowest BCUT2D eigenvalue weighted by molar-refractivity contribution is 0.529. The van der Waals surface area contributed by atoms with Crippen molar-refractivity contribution >= 4 is 27.3 Å². The summed E-state index contributed by atoms with van der Waals surface area (Å²) in [6.45, 7) is 2.27. The van der Waals surface area contributed by atoms with E-state index in [1.54, 1.807) is 11.3 Å². The van der Waals surface area contributed by atoms with Gasteiger partial charge in [0, 0.05) is 15.4 Å². The Morgan fingerprint density at radius 1 is 1.17 bits per heavy atom. The molecule has 0 bridgehead atoms. The molecule has 0 aliphatic heterocycles. The second-order valence-corrected chi connectivity index (χ2v) is 6.92. The van der Waals surface area contributed by atoms with Crippen molar-refractivity contribution in [1.82, 2.24) is 0 Å². The SMILES string of the molecule is CCCCCCCCCC(N)Cc1sccc1Br. The third-order valence-electron chi connectivity index (χ3n) is 3.32. The standard InChI is InChI=1S/C15H26BrNS/c1-2-3-4-5-6-7-8-9-13(17)12-15-14(16)10-11-18-15/h10-11,13H,2-9,12,17H2,1H3. The quantitative estimate of drug-likeness (QED) is 0.561.